The first-order chi connectivity index (χ1) is 33.4. The molecule has 3 aliphatic rings. The normalized spacial score (nSPS) is 20.3. The Labute approximate surface area is 403 Å². The van der Waals surface area contributed by atoms with Gasteiger partial charge >= 0.3 is 12.2 Å². The SMILES string of the molecule is COCCOCCOc1ccc(N2C(c3ccc4nc(C5CCCN5C(=O)C(NC(=O)OC)C(C)C)[nH]c4c3)CCC2c2ccc3nc(C4CCCN4C(=O)C(NC(=O)OC)C(C)C)[nH]c3c2)cc1. The number of likely N-dealkylation sites (tertiary alicyclic amines) is 2. The van der Waals surface area contributed by atoms with Crippen molar-refractivity contribution in [2.75, 3.05) is 65.7 Å². The standard InChI is InChI=1S/C51H67N9O9/c1-30(2)44(56-50(63)66-6)48(61)58-22-8-10-42(58)46-52-36-18-12-32(28-38(36)54-46)40-20-21-41(60(40)34-14-16-35(17-15-34)69-27-26-68-25-24-65-5)33-13-19-37-39(29-33)55-47(53-37)43-11-9-23-59(43)49(62)45(31(3)4)57-51(64)67-7/h12-19,28-31,40-45H,8-11,20-27H2,1-7H3,(H,52,54)(H,53,55)(H,56,63)(H,57,64). The first-order valence-electron chi connectivity index (χ1n) is 24.3. The maximum Gasteiger partial charge on any atom is 0.407 e. The van der Waals surface area contributed by atoms with E-state index in [1.807, 2.05) is 49.6 Å². The van der Waals surface area contributed by atoms with Crippen LogP contribution in [0.15, 0.2) is 60.7 Å². The summed E-state index contributed by atoms with van der Waals surface area (Å²) in [6.45, 7) is 10.7. The van der Waals surface area contributed by atoms with Crippen LogP contribution in [0.4, 0.5) is 15.3 Å². The molecule has 0 spiro atoms. The molecule has 2 aromatic heterocycles. The van der Waals surface area contributed by atoms with Crippen LogP contribution >= 0.6 is 0 Å². The number of H-pyrrole nitrogens is 2. The van der Waals surface area contributed by atoms with E-state index in [2.05, 4.69) is 74.0 Å². The molecule has 3 fully saturated rings. The fourth-order valence-corrected chi connectivity index (χ4v) is 10.2. The lowest BCUT2D eigenvalue weighted by molar-refractivity contribution is -0.136. The number of nitrogens with one attached hydrogen (secondary N) is 4. The van der Waals surface area contributed by atoms with Crippen molar-refractivity contribution < 1.29 is 42.9 Å². The van der Waals surface area contributed by atoms with Crippen LogP contribution in [0, 0.1) is 11.8 Å². The van der Waals surface area contributed by atoms with Gasteiger partial charge in [-0.05, 0) is 110 Å². The first-order valence-corrected chi connectivity index (χ1v) is 24.3. The largest absolute Gasteiger partial charge is 0.491 e. The lowest BCUT2D eigenvalue weighted by Crippen LogP contribution is -2.51. The smallest absolute Gasteiger partial charge is 0.407 e. The van der Waals surface area contributed by atoms with E-state index in [9.17, 15) is 19.2 Å². The monoisotopic (exact) mass is 950 g/mol. The topological polar surface area (TPSA) is 206 Å². The van der Waals surface area contributed by atoms with Crippen LogP contribution in [0.3, 0.4) is 0 Å². The van der Waals surface area contributed by atoms with Crippen molar-refractivity contribution in [2.45, 2.75) is 102 Å². The number of nitrogens with zero attached hydrogens (tertiary/aromatic N) is 5. The predicted octanol–water partition coefficient (Wildman–Crippen LogP) is 7.65. The molecule has 3 aliphatic heterocycles. The van der Waals surface area contributed by atoms with Crippen molar-refractivity contribution in [3.05, 3.63) is 83.4 Å². The summed E-state index contributed by atoms with van der Waals surface area (Å²) in [6.07, 6.45) is 3.66. The summed E-state index contributed by atoms with van der Waals surface area (Å²) >= 11 is 0. The molecule has 0 bridgehead atoms. The number of carbonyl (C=O) groups excluding carboxylic acids is 4. The summed E-state index contributed by atoms with van der Waals surface area (Å²) in [4.78, 5) is 75.6. The lowest BCUT2D eigenvalue weighted by atomic mass is 10.0. The van der Waals surface area contributed by atoms with Gasteiger partial charge in [0.25, 0.3) is 0 Å². The Morgan fingerprint density at radius 3 is 1.55 bits per heavy atom. The number of carbonyl (C=O) groups is 4. The van der Waals surface area contributed by atoms with Crippen LogP contribution in [0.5, 0.6) is 5.75 Å². The van der Waals surface area contributed by atoms with Crippen LogP contribution in [0.25, 0.3) is 22.1 Å². The van der Waals surface area contributed by atoms with E-state index >= 15 is 0 Å². The van der Waals surface area contributed by atoms with E-state index in [0.717, 1.165) is 94.8 Å². The molecule has 0 aliphatic carbocycles. The highest BCUT2D eigenvalue weighted by atomic mass is 16.5. The lowest BCUT2D eigenvalue weighted by Gasteiger charge is -2.33. The highest BCUT2D eigenvalue weighted by Crippen LogP contribution is 2.48. The Morgan fingerprint density at radius 2 is 1.10 bits per heavy atom. The van der Waals surface area contributed by atoms with Crippen LogP contribution in [0.1, 0.15) is 113 Å². The number of imidazole rings is 2. The molecule has 8 rings (SSSR count). The van der Waals surface area contributed by atoms with Gasteiger partial charge in [-0.15, -0.1) is 0 Å². The summed E-state index contributed by atoms with van der Waals surface area (Å²) < 4.78 is 26.4. The predicted molar refractivity (Wildman–Crippen MR) is 260 cm³/mol. The number of fused-ring (bicyclic) bond motifs is 2. The molecule has 4 amide bonds. The summed E-state index contributed by atoms with van der Waals surface area (Å²) in [5.74, 6) is 1.63. The van der Waals surface area contributed by atoms with Gasteiger partial charge in [-0.1, -0.05) is 39.8 Å². The van der Waals surface area contributed by atoms with Crippen LogP contribution in [-0.2, 0) is 28.5 Å². The number of aromatic nitrogens is 4. The Balaban J connectivity index is 1.07. The molecule has 69 heavy (non-hydrogen) atoms. The van der Waals surface area contributed by atoms with Gasteiger partial charge in [-0.3, -0.25) is 9.59 Å². The van der Waals surface area contributed by atoms with Gasteiger partial charge in [0.1, 0.15) is 36.1 Å². The highest BCUT2D eigenvalue weighted by molar-refractivity contribution is 5.87. The third-order valence-corrected chi connectivity index (χ3v) is 13.8. The Morgan fingerprint density at radius 1 is 0.623 bits per heavy atom. The summed E-state index contributed by atoms with van der Waals surface area (Å²) in [5, 5.41) is 5.47. The molecular weight excluding hydrogens is 883 g/mol. The van der Waals surface area contributed by atoms with Gasteiger partial charge in [0.2, 0.25) is 11.8 Å². The molecule has 5 heterocycles. The third-order valence-electron chi connectivity index (χ3n) is 13.8. The van der Waals surface area contributed by atoms with Gasteiger partial charge in [0.05, 0.1) is 80.3 Å². The van der Waals surface area contributed by atoms with Gasteiger partial charge in [0.15, 0.2) is 0 Å². The zero-order valence-electron chi connectivity index (χ0n) is 40.8. The number of rotatable bonds is 18. The zero-order valence-corrected chi connectivity index (χ0v) is 40.8. The Kier molecular flexibility index (Phi) is 15.6. The van der Waals surface area contributed by atoms with Crippen molar-refractivity contribution in [3.63, 3.8) is 0 Å². The van der Waals surface area contributed by atoms with Gasteiger partial charge in [0, 0.05) is 25.9 Å². The van der Waals surface area contributed by atoms with E-state index in [4.69, 9.17) is 33.7 Å². The molecule has 370 valence electrons. The number of alkyl carbamates (subject to hydrolysis) is 2. The molecule has 0 radical (unpaired) electrons. The summed E-state index contributed by atoms with van der Waals surface area (Å²) in [5.41, 5.74) is 6.72. The van der Waals surface area contributed by atoms with Gasteiger partial charge in [-0.25, -0.2) is 19.6 Å². The molecule has 6 atom stereocenters. The van der Waals surface area contributed by atoms with E-state index in [-0.39, 0.29) is 47.8 Å². The third kappa shape index (κ3) is 10.8. The van der Waals surface area contributed by atoms with E-state index < -0.39 is 24.3 Å². The number of ether oxygens (including phenoxy) is 5. The number of anilines is 1. The second-order valence-electron chi connectivity index (χ2n) is 18.9. The molecule has 18 nitrogen and oxygen atoms in total. The van der Waals surface area contributed by atoms with Gasteiger partial charge in [-0.2, -0.15) is 0 Å². The van der Waals surface area contributed by atoms with Crippen molar-refractivity contribution in [1.82, 2.24) is 40.4 Å². The van der Waals surface area contributed by atoms with Crippen LogP contribution in [0.2, 0.25) is 0 Å². The average molecular weight is 950 g/mol. The number of benzene rings is 3. The molecule has 3 aromatic carbocycles. The highest BCUT2D eigenvalue weighted by Gasteiger charge is 2.40. The number of methoxy groups -OCH3 is 3. The minimum atomic E-state index is -0.721. The fraction of sp³-hybridized carbons (Fsp3) is 0.529. The molecule has 3 saturated heterocycles. The molecule has 6 unspecified atom stereocenters. The van der Waals surface area contributed by atoms with E-state index in [1.54, 1.807) is 7.11 Å². The van der Waals surface area contributed by atoms with Crippen LogP contribution in [-0.4, -0.2) is 127 Å². The summed E-state index contributed by atoms with van der Waals surface area (Å²) in [7, 11) is 4.24. The van der Waals surface area contributed by atoms with Crippen molar-refractivity contribution in [1.29, 1.82) is 0 Å². The van der Waals surface area contributed by atoms with Crippen molar-refractivity contribution in [3.8, 4) is 5.75 Å². The minimum Gasteiger partial charge on any atom is -0.491 e. The van der Waals surface area contributed by atoms with Crippen molar-refractivity contribution in [2.24, 2.45) is 11.8 Å². The fourth-order valence-electron chi connectivity index (χ4n) is 10.2. The molecule has 5 aromatic rings. The second kappa shape index (κ2) is 21.9. The van der Waals surface area contributed by atoms with E-state index in [1.165, 1.54) is 14.2 Å². The van der Waals surface area contributed by atoms with E-state index in [0.29, 0.717) is 39.5 Å². The molecule has 4 N–H and O–H groups in total. The maximum absolute atomic E-state index is 13.9. The van der Waals surface area contributed by atoms with Gasteiger partial charge < -0.3 is 59.0 Å². The molecule has 0 saturated carbocycles. The molecule has 18 heteroatoms. The first kappa shape index (κ1) is 49.0. The zero-order chi connectivity index (χ0) is 48.8. The number of hydrogen-bond acceptors (Lipinski definition) is 12. The average Bonchev–Trinajstić information content (AvgIpc) is 4.21. The van der Waals surface area contributed by atoms with Crippen LogP contribution < -0.4 is 20.3 Å². The maximum atomic E-state index is 13.9. The minimum absolute atomic E-state index is 0.00597. The van der Waals surface area contributed by atoms with Crippen molar-refractivity contribution >= 4 is 51.8 Å². The number of amides is 4. The second-order valence-corrected chi connectivity index (χ2v) is 18.9. The Hall–Kier alpha value is -6.40. The number of aromatic amines is 2. The quantitative estimate of drug-likeness (QED) is 0.0626. The number of hydrogen-bond donors (Lipinski definition) is 4. The Bertz CT molecular complexity index is 2430. The molecular formula is C51H67N9O9. The summed E-state index contributed by atoms with van der Waals surface area (Å²) in [6, 6.07) is 19.1.